The van der Waals surface area contributed by atoms with E-state index in [0.717, 1.165) is 19.4 Å². The van der Waals surface area contributed by atoms with Gasteiger partial charge in [0.2, 0.25) is 0 Å². The molecule has 0 radical (unpaired) electrons. The summed E-state index contributed by atoms with van der Waals surface area (Å²) in [4.78, 5) is 0. The molecule has 0 rings (SSSR count). The summed E-state index contributed by atoms with van der Waals surface area (Å²) in [5.74, 6) is 0.253. The number of ether oxygens (including phenoxy) is 2. The van der Waals surface area contributed by atoms with Gasteiger partial charge in [-0.2, -0.15) is 0 Å². The van der Waals surface area contributed by atoms with Crippen LogP contribution in [0.25, 0.3) is 0 Å². The molecule has 0 unspecified atom stereocenters. The van der Waals surface area contributed by atoms with E-state index in [1.54, 1.807) is 0 Å². The molecule has 0 aliphatic carbocycles. The summed E-state index contributed by atoms with van der Waals surface area (Å²) in [6.07, 6.45) is 2.20. The maximum atomic E-state index is 11.4. The van der Waals surface area contributed by atoms with Crippen LogP contribution in [0.1, 0.15) is 19.8 Å². The normalized spacial score (nSPS) is 11.9. The number of hydrogen-bond donors (Lipinski definition) is 1. The highest BCUT2D eigenvalue weighted by Crippen LogP contribution is 1.89. The Kier molecular flexibility index (Phi) is 10.8. The zero-order valence-electron chi connectivity index (χ0n) is 10.9. The van der Waals surface area contributed by atoms with Gasteiger partial charge in [-0.05, 0) is 6.42 Å². The Morgan fingerprint density at radius 3 is 2.47 bits per heavy atom. The van der Waals surface area contributed by atoms with Crippen LogP contribution in [0.5, 0.6) is 0 Å². The predicted molar refractivity (Wildman–Crippen MR) is 69.1 cm³/mol. The minimum absolute atomic E-state index is 0.0954. The van der Waals surface area contributed by atoms with Crippen molar-refractivity contribution >= 4 is 9.84 Å². The molecule has 0 amide bonds. The van der Waals surface area contributed by atoms with Gasteiger partial charge in [0, 0.05) is 26.8 Å². The highest BCUT2D eigenvalue weighted by Gasteiger charge is 2.09. The molecule has 17 heavy (non-hydrogen) atoms. The highest BCUT2D eigenvalue weighted by atomic mass is 32.2. The van der Waals surface area contributed by atoms with Crippen LogP contribution in [0.4, 0.5) is 0 Å². The van der Waals surface area contributed by atoms with E-state index >= 15 is 0 Å². The van der Waals surface area contributed by atoms with Gasteiger partial charge >= 0.3 is 0 Å². The second-order valence-electron chi connectivity index (χ2n) is 3.86. The maximum Gasteiger partial charge on any atom is 0.153 e. The van der Waals surface area contributed by atoms with E-state index in [1.807, 2.05) is 0 Å². The molecule has 0 aromatic carbocycles. The molecule has 0 heterocycles. The molecule has 5 nitrogen and oxygen atoms in total. The van der Waals surface area contributed by atoms with E-state index in [4.69, 9.17) is 9.47 Å². The summed E-state index contributed by atoms with van der Waals surface area (Å²) >= 11 is 0. The van der Waals surface area contributed by atoms with Crippen molar-refractivity contribution in [1.82, 2.24) is 5.32 Å². The van der Waals surface area contributed by atoms with Crippen molar-refractivity contribution in [3.63, 3.8) is 0 Å². The Morgan fingerprint density at radius 2 is 1.82 bits per heavy atom. The first kappa shape index (κ1) is 16.8. The third kappa shape index (κ3) is 12.1. The lowest BCUT2D eigenvalue weighted by atomic mass is 10.4. The molecule has 0 saturated carbocycles. The molecule has 0 spiro atoms. The van der Waals surface area contributed by atoms with Crippen molar-refractivity contribution in [2.45, 2.75) is 19.8 Å². The van der Waals surface area contributed by atoms with Gasteiger partial charge in [-0.1, -0.05) is 13.3 Å². The van der Waals surface area contributed by atoms with Gasteiger partial charge in [0.05, 0.1) is 24.7 Å². The molecule has 104 valence electrons. The molecular weight excluding hydrogens is 242 g/mol. The van der Waals surface area contributed by atoms with Crippen LogP contribution in [0.15, 0.2) is 0 Å². The van der Waals surface area contributed by atoms with E-state index in [9.17, 15) is 8.42 Å². The summed E-state index contributed by atoms with van der Waals surface area (Å²) in [6, 6.07) is 0. The van der Waals surface area contributed by atoms with Crippen LogP contribution in [0, 0.1) is 0 Å². The standard InChI is InChI=1S/C11H25NO4S/c1-3-4-7-16-8-5-12-6-10-17(13,14)11-9-15-2/h12H,3-11H2,1-2H3. The molecule has 0 aromatic rings. The molecule has 0 saturated heterocycles. The topological polar surface area (TPSA) is 64.6 Å². The number of nitrogens with one attached hydrogen (secondary N) is 1. The van der Waals surface area contributed by atoms with Gasteiger partial charge in [0.15, 0.2) is 9.84 Å². The van der Waals surface area contributed by atoms with Crippen LogP contribution in [-0.2, 0) is 19.3 Å². The first-order valence-electron chi connectivity index (χ1n) is 6.10. The number of sulfone groups is 1. The summed E-state index contributed by atoms with van der Waals surface area (Å²) in [7, 11) is -1.47. The molecule has 0 fully saturated rings. The largest absolute Gasteiger partial charge is 0.384 e. The van der Waals surface area contributed by atoms with Gasteiger partial charge in [0.25, 0.3) is 0 Å². The average Bonchev–Trinajstić information content (AvgIpc) is 2.30. The summed E-state index contributed by atoms with van der Waals surface area (Å²) in [5, 5.41) is 3.05. The van der Waals surface area contributed by atoms with E-state index in [1.165, 1.54) is 7.11 Å². The van der Waals surface area contributed by atoms with Crippen molar-refractivity contribution in [2.24, 2.45) is 0 Å². The van der Waals surface area contributed by atoms with Crippen molar-refractivity contribution in [2.75, 3.05) is 51.5 Å². The minimum Gasteiger partial charge on any atom is -0.384 e. The maximum absolute atomic E-state index is 11.4. The zero-order valence-corrected chi connectivity index (χ0v) is 11.7. The van der Waals surface area contributed by atoms with Crippen molar-refractivity contribution in [1.29, 1.82) is 0 Å². The molecular formula is C11H25NO4S. The lowest BCUT2D eigenvalue weighted by Crippen LogP contribution is -2.28. The van der Waals surface area contributed by atoms with Crippen LogP contribution in [-0.4, -0.2) is 59.9 Å². The van der Waals surface area contributed by atoms with E-state index in [0.29, 0.717) is 19.7 Å². The Bertz CT molecular complexity index is 254. The molecule has 0 aromatic heterocycles. The summed E-state index contributed by atoms with van der Waals surface area (Å²) < 4.78 is 32.9. The highest BCUT2D eigenvalue weighted by molar-refractivity contribution is 7.91. The number of unbranched alkanes of at least 4 members (excludes halogenated alkanes) is 1. The fraction of sp³-hybridized carbons (Fsp3) is 1.00. The Hall–Kier alpha value is -0.170. The quantitative estimate of drug-likeness (QED) is 0.520. The number of methoxy groups -OCH3 is 1. The second kappa shape index (κ2) is 11.0. The molecule has 0 aliphatic rings. The minimum atomic E-state index is -2.97. The Morgan fingerprint density at radius 1 is 1.06 bits per heavy atom. The molecule has 6 heteroatoms. The average molecular weight is 267 g/mol. The van der Waals surface area contributed by atoms with Crippen LogP contribution in [0.2, 0.25) is 0 Å². The lowest BCUT2D eigenvalue weighted by Gasteiger charge is -2.06. The Labute approximate surface area is 105 Å². The van der Waals surface area contributed by atoms with Gasteiger partial charge in [-0.3, -0.25) is 0 Å². The first-order chi connectivity index (χ1) is 8.12. The van der Waals surface area contributed by atoms with Crippen LogP contribution < -0.4 is 5.32 Å². The van der Waals surface area contributed by atoms with Gasteiger partial charge < -0.3 is 14.8 Å². The molecule has 0 atom stereocenters. The molecule has 1 N–H and O–H groups in total. The third-order valence-electron chi connectivity index (χ3n) is 2.25. The summed E-state index contributed by atoms with van der Waals surface area (Å²) in [6.45, 7) is 4.98. The third-order valence-corrected chi connectivity index (χ3v) is 3.87. The summed E-state index contributed by atoms with van der Waals surface area (Å²) in [5.41, 5.74) is 0. The molecule has 0 bridgehead atoms. The van der Waals surface area contributed by atoms with E-state index in [-0.39, 0.29) is 18.1 Å². The zero-order chi connectivity index (χ0) is 13.0. The van der Waals surface area contributed by atoms with E-state index < -0.39 is 9.84 Å². The van der Waals surface area contributed by atoms with Gasteiger partial charge in [-0.15, -0.1) is 0 Å². The second-order valence-corrected chi connectivity index (χ2v) is 6.16. The lowest BCUT2D eigenvalue weighted by molar-refractivity contribution is 0.133. The first-order valence-corrected chi connectivity index (χ1v) is 7.92. The number of hydrogen-bond acceptors (Lipinski definition) is 5. The monoisotopic (exact) mass is 267 g/mol. The Balaban J connectivity index is 3.32. The van der Waals surface area contributed by atoms with Crippen LogP contribution >= 0.6 is 0 Å². The van der Waals surface area contributed by atoms with Crippen molar-refractivity contribution < 1.29 is 17.9 Å². The van der Waals surface area contributed by atoms with Gasteiger partial charge in [0.1, 0.15) is 0 Å². The van der Waals surface area contributed by atoms with Crippen molar-refractivity contribution in [3.8, 4) is 0 Å². The van der Waals surface area contributed by atoms with Gasteiger partial charge in [-0.25, -0.2) is 8.42 Å². The van der Waals surface area contributed by atoms with E-state index in [2.05, 4.69) is 12.2 Å². The van der Waals surface area contributed by atoms with Crippen LogP contribution in [0.3, 0.4) is 0 Å². The smallest absolute Gasteiger partial charge is 0.153 e. The predicted octanol–water partition coefficient (Wildman–Crippen LogP) is 0.454. The fourth-order valence-electron chi connectivity index (χ4n) is 1.16. The van der Waals surface area contributed by atoms with Crippen molar-refractivity contribution in [3.05, 3.63) is 0 Å². The number of rotatable bonds is 12. The SMILES string of the molecule is CCCCOCCNCCS(=O)(=O)CCOC. The fourth-order valence-corrected chi connectivity index (χ4v) is 2.24. The molecule has 0 aliphatic heterocycles.